The van der Waals surface area contributed by atoms with Gasteiger partial charge in [0.15, 0.2) is 0 Å². The molecule has 31 heavy (non-hydrogen) atoms. The van der Waals surface area contributed by atoms with Crippen molar-refractivity contribution in [3.8, 4) is 0 Å². The summed E-state index contributed by atoms with van der Waals surface area (Å²) < 4.78 is 0. The van der Waals surface area contributed by atoms with Gasteiger partial charge in [0.25, 0.3) is 5.69 Å². The maximum Gasteiger partial charge on any atom is 0.292 e. The standard InChI is InChI=1S/C22H37N5O4/c28-17-19-15-20(29)7-12-25(19)11-4-2-1-3-8-24-21-16-18(5-6-22(21)27(30)31)26-13-9-23-10-14-26/h5-6,16,19-20,23-24,28-29H,1-4,7-15,17H2. The Morgan fingerprint density at radius 1 is 1.16 bits per heavy atom. The summed E-state index contributed by atoms with van der Waals surface area (Å²) in [6, 6.07) is 5.43. The summed E-state index contributed by atoms with van der Waals surface area (Å²) in [5.41, 5.74) is 1.75. The number of aliphatic hydroxyl groups is 2. The summed E-state index contributed by atoms with van der Waals surface area (Å²) in [7, 11) is 0. The molecule has 174 valence electrons. The number of nitrogens with one attached hydrogen (secondary N) is 2. The molecular weight excluding hydrogens is 398 g/mol. The first kappa shape index (κ1) is 23.7. The Morgan fingerprint density at radius 3 is 2.68 bits per heavy atom. The molecule has 1 aromatic rings. The highest BCUT2D eigenvalue weighted by Gasteiger charge is 2.26. The highest BCUT2D eigenvalue weighted by Crippen LogP contribution is 2.30. The molecule has 0 bridgehead atoms. The molecule has 9 nitrogen and oxygen atoms in total. The van der Waals surface area contributed by atoms with Gasteiger partial charge in [0.1, 0.15) is 5.69 Å². The predicted octanol–water partition coefficient (Wildman–Crippen LogP) is 1.79. The number of anilines is 2. The van der Waals surface area contributed by atoms with Gasteiger partial charge in [-0.2, -0.15) is 0 Å². The van der Waals surface area contributed by atoms with Crippen LogP contribution in [0.4, 0.5) is 17.1 Å². The number of nitro groups is 1. The Kier molecular flexibility index (Phi) is 9.32. The van der Waals surface area contributed by atoms with E-state index in [0.717, 1.165) is 77.1 Å². The molecule has 0 saturated carbocycles. The van der Waals surface area contributed by atoms with Gasteiger partial charge in [-0.05, 0) is 44.4 Å². The van der Waals surface area contributed by atoms with Crippen LogP contribution in [0.3, 0.4) is 0 Å². The first-order valence-electron chi connectivity index (χ1n) is 11.6. The van der Waals surface area contributed by atoms with Crippen LogP contribution in [-0.2, 0) is 0 Å². The van der Waals surface area contributed by atoms with Crippen LogP contribution in [0.1, 0.15) is 38.5 Å². The van der Waals surface area contributed by atoms with Gasteiger partial charge in [-0.1, -0.05) is 12.8 Å². The SMILES string of the molecule is O=[N+]([O-])c1ccc(N2CCNCC2)cc1NCCCCCCN1CCC(O)CC1CO. The highest BCUT2D eigenvalue weighted by molar-refractivity contribution is 5.69. The van der Waals surface area contributed by atoms with Crippen molar-refractivity contribution < 1.29 is 15.1 Å². The number of rotatable bonds is 11. The van der Waals surface area contributed by atoms with Crippen LogP contribution in [0.5, 0.6) is 0 Å². The number of piperidine rings is 1. The molecule has 0 aromatic heterocycles. The third-order valence-electron chi connectivity index (χ3n) is 6.37. The summed E-state index contributed by atoms with van der Waals surface area (Å²) in [4.78, 5) is 15.6. The second-order valence-electron chi connectivity index (χ2n) is 8.59. The van der Waals surface area contributed by atoms with E-state index in [9.17, 15) is 20.3 Å². The molecule has 2 fully saturated rings. The molecule has 2 saturated heterocycles. The number of aliphatic hydroxyl groups excluding tert-OH is 2. The second kappa shape index (κ2) is 12.2. The Balaban J connectivity index is 1.40. The zero-order valence-electron chi connectivity index (χ0n) is 18.3. The van der Waals surface area contributed by atoms with Crippen molar-refractivity contribution in [3.63, 3.8) is 0 Å². The van der Waals surface area contributed by atoms with Crippen LogP contribution in [0.25, 0.3) is 0 Å². The molecule has 0 spiro atoms. The first-order valence-corrected chi connectivity index (χ1v) is 11.6. The van der Waals surface area contributed by atoms with Crippen LogP contribution in [-0.4, -0.2) is 84.6 Å². The number of benzene rings is 1. The van der Waals surface area contributed by atoms with E-state index in [4.69, 9.17) is 0 Å². The van der Waals surface area contributed by atoms with Crippen LogP contribution in [0.2, 0.25) is 0 Å². The zero-order chi connectivity index (χ0) is 22.1. The quantitative estimate of drug-likeness (QED) is 0.236. The Morgan fingerprint density at radius 2 is 1.94 bits per heavy atom. The fraction of sp³-hybridized carbons (Fsp3) is 0.727. The lowest BCUT2D eigenvalue weighted by molar-refractivity contribution is -0.383. The third kappa shape index (κ3) is 7.03. The Bertz CT molecular complexity index is 698. The summed E-state index contributed by atoms with van der Waals surface area (Å²) in [5, 5.41) is 37.3. The zero-order valence-corrected chi connectivity index (χ0v) is 18.3. The molecule has 4 N–H and O–H groups in total. The minimum atomic E-state index is -0.322. The van der Waals surface area contributed by atoms with Crippen LogP contribution >= 0.6 is 0 Å². The lowest BCUT2D eigenvalue weighted by atomic mass is 9.99. The lowest BCUT2D eigenvalue weighted by Gasteiger charge is -2.36. The van der Waals surface area contributed by atoms with Crippen molar-refractivity contribution in [1.82, 2.24) is 10.2 Å². The molecule has 2 atom stereocenters. The molecule has 2 unspecified atom stereocenters. The topological polar surface area (TPSA) is 114 Å². The van der Waals surface area contributed by atoms with E-state index in [2.05, 4.69) is 20.4 Å². The molecule has 2 heterocycles. The third-order valence-corrected chi connectivity index (χ3v) is 6.37. The number of hydrogen-bond donors (Lipinski definition) is 4. The van der Waals surface area contributed by atoms with Crippen LogP contribution in [0, 0.1) is 10.1 Å². The van der Waals surface area contributed by atoms with Crippen molar-refractivity contribution in [3.05, 3.63) is 28.3 Å². The van der Waals surface area contributed by atoms with Crippen molar-refractivity contribution in [2.75, 3.05) is 62.6 Å². The summed E-state index contributed by atoms with van der Waals surface area (Å²) in [5.74, 6) is 0. The first-order chi connectivity index (χ1) is 15.1. The largest absolute Gasteiger partial charge is 0.395 e. The van der Waals surface area contributed by atoms with Crippen LogP contribution in [0.15, 0.2) is 18.2 Å². The number of piperazine rings is 1. The van der Waals surface area contributed by atoms with Gasteiger partial charge in [0, 0.05) is 57.1 Å². The molecule has 2 aliphatic heterocycles. The maximum absolute atomic E-state index is 11.4. The molecular formula is C22H37N5O4. The maximum atomic E-state index is 11.4. The van der Waals surface area contributed by atoms with E-state index in [1.54, 1.807) is 6.07 Å². The predicted molar refractivity (Wildman–Crippen MR) is 123 cm³/mol. The van der Waals surface area contributed by atoms with E-state index < -0.39 is 0 Å². The van der Waals surface area contributed by atoms with Gasteiger partial charge in [0.2, 0.25) is 0 Å². The molecule has 3 rings (SSSR count). The van der Waals surface area contributed by atoms with Crippen LogP contribution < -0.4 is 15.5 Å². The molecule has 2 aliphatic rings. The van der Waals surface area contributed by atoms with Gasteiger partial charge in [-0.25, -0.2) is 0 Å². The fourth-order valence-electron chi connectivity index (χ4n) is 4.52. The molecule has 0 amide bonds. The van der Waals surface area contributed by atoms with E-state index >= 15 is 0 Å². The second-order valence-corrected chi connectivity index (χ2v) is 8.59. The van der Waals surface area contributed by atoms with E-state index in [1.165, 1.54) is 0 Å². The van der Waals surface area contributed by atoms with E-state index in [-0.39, 0.29) is 29.4 Å². The van der Waals surface area contributed by atoms with Gasteiger partial charge < -0.3 is 25.7 Å². The van der Waals surface area contributed by atoms with Gasteiger partial charge in [0.05, 0.1) is 17.6 Å². The number of hydrogen-bond acceptors (Lipinski definition) is 8. The average Bonchev–Trinajstić information content (AvgIpc) is 2.79. The Hall–Kier alpha value is -1.94. The monoisotopic (exact) mass is 435 g/mol. The fourth-order valence-corrected chi connectivity index (χ4v) is 4.52. The lowest BCUT2D eigenvalue weighted by Crippen LogP contribution is -2.46. The normalized spacial score (nSPS) is 22.5. The minimum Gasteiger partial charge on any atom is -0.395 e. The number of likely N-dealkylation sites (tertiary alicyclic amines) is 1. The number of unbranched alkanes of at least 4 members (excludes halogenated alkanes) is 3. The van der Waals surface area contributed by atoms with Gasteiger partial charge in [-0.15, -0.1) is 0 Å². The summed E-state index contributed by atoms with van der Waals surface area (Å²) >= 11 is 0. The van der Waals surface area contributed by atoms with E-state index in [0.29, 0.717) is 18.7 Å². The molecule has 9 heteroatoms. The Labute approximate surface area is 184 Å². The molecule has 0 radical (unpaired) electrons. The summed E-state index contributed by atoms with van der Waals surface area (Å²) in [6.45, 7) is 6.28. The van der Waals surface area contributed by atoms with Crippen molar-refractivity contribution in [2.24, 2.45) is 0 Å². The average molecular weight is 436 g/mol. The van der Waals surface area contributed by atoms with Gasteiger partial charge >= 0.3 is 0 Å². The summed E-state index contributed by atoms with van der Waals surface area (Å²) in [6.07, 6.45) is 5.31. The minimum absolute atomic E-state index is 0.0777. The molecule has 0 aliphatic carbocycles. The highest BCUT2D eigenvalue weighted by atomic mass is 16.6. The van der Waals surface area contributed by atoms with Crippen molar-refractivity contribution in [1.29, 1.82) is 0 Å². The van der Waals surface area contributed by atoms with E-state index in [1.807, 2.05) is 12.1 Å². The number of nitrogens with zero attached hydrogens (tertiary/aromatic N) is 3. The van der Waals surface area contributed by atoms with Gasteiger partial charge in [-0.3, -0.25) is 15.0 Å². The number of nitro benzene ring substituents is 1. The van der Waals surface area contributed by atoms with Crippen molar-refractivity contribution >= 4 is 17.1 Å². The molecule has 1 aromatic carbocycles. The smallest absolute Gasteiger partial charge is 0.292 e. The van der Waals surface area contributed by atoms with Crippen molar-refractivity contribution in [2.45, 2.75) is 50.7 Å².